The van der Waals surface area contributed by atoms with Crippen molar-refractivity contribution in [2.24, 2.45) is 0 Å². The van der Waals surface area contributed by atoms with Crippen LogP contribution in [-0.2, 0) is 11.3 Å². The molecule has 0 aliphatic heterocycles. The van der Waals surface area contributed by atoms with Gasteiger partial charge in [-0.3, -0.25) is 10.1 Å². The van der Waals surface area contributed by atoms with Gasteiger partial charge in [-0.25, -0.2) is 0 Å². The van der Waals surface area contributed by atoms with E-state index in [4.69, 9.17) is 9.47 Å². The van der Waals surface area contributed by atoms with Crippen molar-refractivity contribution in [1.29, 1.82) is 0 Å². The lowest BCUT2D eigenvalue weighted by Crippen LogP contribution is -2.11. The normalized spacial score (nSPS) is 10.2. The molecule has 100 valence electrons. The summed E-state index contributed by atoms with van der Waals surface area (Å²) in [6.07, 6.45) is 0. The number of ether oxygens (including phenoxy) is 2. The second-order valence-electron chi connectivity index (χ2n) is 3.62. The fourth-order valence-corrected chi connectivity index (χ4v) is 2.10. The second kappa shape index (κ2) is 6.26. The molecular weight excluding hydrogens is 266 g/mol. The maximum Gasteiger partial charge on any atom is 0.257 e. The van der Waals surface area contributed by atoms with E-state index < -0.39 is 0 Å². The largest absolute Gasteiger partial charge is 0.497 e. The lowest BCUT2D eigenvalue weighted by Gasteiger charge is -2.02. The van der Waals surface area contributed by atoms with Crippen LogP contribution in [0.3, 0.4) is 0 Å². The van der Waals surface area contributed by atoms with E-state index in [1.165, 1.54) is 11.3 Å². The van der Waals surface area contributed by atoms with Crippen molar-refractivity contribution < 1.29 is 14.3 Å². The molecule has 0 spiro atoms. The van der Waals surface area contributed by atoms with Crippen molar-refractivity contribution in [3.63, 3.8) is 0 Å². The number of nitrogens with zero attached hydrogens (tertiary/aromatic N) is 2. The number of hydrogen-bond donors (Lipinski definition) is 1. The summed E-state index contributed by atoms with van der Waals surface area (Å²) < 4.78 is 9.97. The van der Waals surface area contributed by atoms with Gasteiger partial charge < -0.3 is 9.47 Å². The summed E-state index contributed by atoms with van der Waals surface area (Å²) in [5.41, 5.74) is 0.532. The zero-order valence-electron chi connectivity index (χ0n) is 10.5. The molecule has 1 amide bonds. The Labute approximate surface area is 114 Å². The monoisotopic (exact) mass is 279 g/mol. The van der Waals surface area contributed by atoms with Gasteiger partial charge in [0.15, 0.2) is 0 Å². The molecule has 0 fully saturated rings. The quantitative estimate of drug-likeness (QED) is 0.905. The molecule has 2 aromatic rings. The van der Waals surface area contributed by atoms with Crippen LogP contribution < -0.4 is 10.1 Å². The number of rotatable bonds is 5. The van der Waals surface area contributed by atoms with E-state index in [1.54, 1.807) is 38.5 Å². The van der Waals surface area contributed by atoms with E-state index >= 15 is 0 Å². The molecular formula is C12H13N3O3S. The molecule has 19 heavy (non-hydrogen) atoms. The first-order chi connectivity index (χ1) is 9.22. The zero-order valence-corrected chi connectivity index (χ0v) is 11.4. The Morgan fingerprint density at radius 3 is 2.63 bits per heavy atom. The molecule has 0 aliphatic rings. The first kappa shape index (κ1) is 13.4. The van der Waals surface area contributed by atoms with E-state index in [1.807, 2.05) is 0 Å². The summed E-state index contributed by atoms with van der Waals surface area (Å²) in [6, 6.07) is 6.83. The van der Waals surface area contributed by atoms with Crippen LogP contribution in [0.2, 0.25) is 0 Å². The third-order valence-electron chi connectivity index (χ3n) is 2.31. The van der Waals surface area contributed by atoms with Crippen LogP contribution in [0, 0.1) is 0 Å². The number of nitrogens with one attached hydrogen (secondary N) is 1. The van der Waals surface area contributed by atoms with Crippen LogP contribution in [0.5, 0.6) is 5.75 Å². The molecule has 0 unspecified atom stereocenters. The van der Waals surface area contributed by atoms with Gasteiger partial charge >= 0.3 is 0 Å². The number of hydrogen-bond acceptors (Lipinski definition) is 6. The van der Waals surface area contributed by atoms with E-state index in [0.717, 1.165) is 0 Å². The highest BCUT2D eigenvalue weighted by Crippen LogP contribution is 2.17. The van der Waals surface area contributed by atoms with Crippen molar-refractivity contribution in [3.05, 3.63) is 34.8 Å². The van der Waals surface area contributed by atoms with Gasteiger partial charge in [0.25, 0.3) is 5.91 Å². The maximum absolute atomic E-state index is 11.9. The van der Waals surface area contributed by atoms with Gasteiger partial charge in [-0.2, -0.15) is 0 Å². The SMILES string of the molecule is COCc1nnc(NC(=O)c2ccc(OC)cc2)s1. The van der Waals surface area contributed by atoms with Gasteiger partial charge in [-0.15, -0.1) is 10.2 Å². The van der Waals surface area contributed by atoms with Crippen molar-refractivity contribution in [2.45, 2.75) is 6.61 Å². The molecule has 0 bridgehead atoms. The van der Waals surface area contributed by atoms with Gasteiger partial charge in [-0.05, 0) is 24.3 Å². The molecule has 1 N–H and O–H groups in total. The third-order valence-corrected chi connectivity index (χ3v) is 3.12. The summed E-state index contributed by atoms with van der Waals surface area (Å²) in [5.74, 6) is 0.470. The molecule has 2 rings (SSSR count). The highest BCUT2D eigenvalue weighted by Gasteiger charge is 2.10. The predicted molar refractivity (Wildman–Crippen MR) is 71.6 cm³/mol. The van der Waals surface area contributed by atoms with Gasteiger partial charge in [-0.1, -0.05) is 11.3 Å². The summed E-state index contributed by atoms with van der Waals surface area (Å²) in [5, 5.41) is 11.6. The van der Waals surface area contributed by atoms with Gasteiger partial charge in [0.05, 0.1) is 7.11 Å². The van der Waals surface area contributed by atoms with E-state index in [9.17, 15) is 4.79 Å². The Kier molecular flexibility index (Phi) is 4.43. The molecule has 0 aliphatic carbocycles. The second-order valence-corrected chi connectivity index (χ2v) is 4.68. The molecule has 0 atom stereocenters. The molecule has 6 nitrogen and oxygen atoms in total. The fourth-order valence-electron chi connectivity index (χ4n) is 1.40. The first-order valence-corrected chi connectivity index (χ1v) is 6.31. The zero-order chi connectivity index (χ0) is 13.7. The number of anilines is 1. The number of carbonyl (C=O) groups is 1. The van der Waals surface area contributed by atoms with Crippen LogP contribution in [0.15, 0.2) is 24.3 Å². The average Bonchev–Trinajstić information content (AvgIpc) is 2.86. The Balaban J connectivity index is 2.02. The van der Waals surface area contributed by atoms with Gasteiger partial charge in [0.2, 0.25) is 5.13 Å². The van der Waals surface area contributed by atoms with E-state index in [2.05, 4.69) is 15.5 Å². The minimum absolute atomic E-state index is 0.234. The van der Waals surface area contributed by atoms with Crippen LogP contribution in [-0.4, -0.2) is 30.3 Å². The van der Waals surface area contributed by atoms with Crippen LogP contribution in [0.4, 0.5) is 5.13 Å². The Hall–Kier alpha value is -1.99. The van der Waals surface area contributed by atoms with Crippen molar-refractivity contribution in [2.75, 3.05) is 19.5 Å². The van der Waals surface area contributed by atoms with Crippen molar-refractivity contribution >= 4 is 22.4 Å². The Bertz CT molecular complexity index is 554. The first-order valence-electron chi connectivity index (χ1n) is 5.49. The minimum Gasteiger partial charge on any atom is -0.497 e. The van der Waals surface area contributed by atoms with Crippen molar-refractivity contribution in [1.82, 2.24) is 10.2 Å². The Morgan fingerprint density at radius 1 is 1.26 bits per heavy atom. The van der Waals surface area contributed by atoms with Gasteiger partial charge in [0, 0.05) is 12.7 Å². The minimum atomic E-state index is -0.234. The number of carbonyl (C=O) groups excluding carboxylic acids is 1. The fraction of sp³-hybridized carbons (Fsp3) is 0.250. The highest BCUT2D eigenvalue weighted by atomic mass is 32.1. The van der Waals surface area contributed by atoms with Crippen molar-refractivity contribution in [3.8, 4) is 5.75 Å². The standard InChI is InChI=1S/C12H13N3O3S/c1-17-7-10-14-15-12(19-10)13-11(16)8-3-5-9(18-2)6-4-8/h3-6H,7H2,1-2H3,(H,13,15,16). The molecule has 0 saturated heterocycles. The highest BCUT2D eigenvalue weighted by molar-refractivity contribution is 7.15. The van der Waals surface area contributed by atoms with E-state index in [-0.39, 0.29) is 5.91 Å². The number of methoxy groups -OCH3 is 2. The molecule has 1 heterocycles. The molecule has 1 aromatic heterocycles. The van der Waals surface area contributed by atoms with Crippen LogP contribution in [0.1, 0.15) is 15.4 Å². The maximum atomic E-state index is 11.9. The predicted octanol–water partition coefficient (Wildman–Crippen LogP) is 1.95. The molecule has 0 saturated carbocycles. The smallest absolute Gasteiger partial charge is 0.257 e. The van der Waals surface area contributed by atoms with E-state index in [0.29, 0.717) is 28.1 Å². The summed E-state index contributed by atoms with van der Waals surface area (Å²) in [4.78, 5) is 11.9. The summed E-state index contributed by atoms with van der Waals surface area (Å²) in [7, 11) is 3.16. The Morgan fingerprint density at radius 2 is 2.00 bits per heavy atom. The average molecular weight is 279 g/mol. The number of benzene rings is 1. The van der Waals surface area contributed by atoms with Crippen LogP contribution in [0.25, 0.3) is 0 Å². The number of amides is 1. The lowest BCUT2D eigenvalue weighted by molar-refractivity contribution is 0.102. The molecule has 0 radical (unpaired) electrons. The van der Waals surface area contributed by atoms with Gasteiger partial charge in [0.1, 0.15) is 17.4 Å². The lowest BCUT2D eigenvalue weighted by atomic mass is 10.2. The third kappa shape index (κ3) is 3.49. The molecule has 7 heteroatoms. The molecule has 1 aromatic carbocycles. The van der Waals surface area contributed by atoms with Crippen LogP contribution >= 0.6 is 11.3 Å². The topological polar surface area (TPSA) is 73.3 Å². The summed E-state index contributed by atoms with van der Waals surface area (Å²) in [6.45, 7) is 0.385. The number of aromatic nitrogens is 2. The summed E-state index contributed by atoms with van der Waals surface area (Å²) >= 11 is 1.28.